The van der Waals surface area contributed by atoms with Crippen molar-refractivity contribution in [1.29, 1.82) is 0 Å². The third-order valence-electron chi connectivity index (χ3n) is 5.43. The summed E-state index contributed by atoms with van der Waals surface area (Å²) in [6.07, 6.45) is 1.90. The highest BCUT2D eigenvalue weighted by molar-refractivity contribution is 6.99. The first-order valence-corrected chi connectivity index (χ1v) is 11.0. The van der Waals surface area contributed by atoms with E-state index in [1.165, 1.54) is 10.4 Å². The summed E-state index contributed by atoms with van der Waals surface area (Å²) >= 11 is 0. The molecule has 0 heterocycles. The summed E-state index contributed by atoms with van der Waals surface area (Å²) in [4.78, 5) is 11.6. The fourth-order valence-corrected chi connectivity index (χ4v) is 8.64. The smallest absolute Gasteiger partial charge is 0.261 e. The molecule has 2 aromatic rings. The van der Waals surface area contributed by atoms with Crippen LogP contribution in [0.4, 0.5) is 0 Å². The Balaban J connectivity index is 2.05. The van der Waals surface area contributed by atoms with Crippen molar-refractivity contribution in [3.8, 4) is 0 Å². The van der Waals surface area contributed by atoms with Crippen LogP contribution in [0.25, 0.3) is 0 Å². The topological polar surface area (TPSA) is 26.3 Å². The SMILES string of the molecule is CC(=O)C1CC(O[Si](c2ccccc2)(c2ccccc2)C(C)(C)C)C1. The van der Waals surface area contributed by atoms with E-state index in [0.717, 1.165) is 12.8 Å². The van der Waals surface area contributed by atoms with Crippen molar-refractivity contribution in [2.45, 2.75) is 51.7 Å². The number of hydrogen-bond acceptors (Lipinski definition) is 2. The van der Waals surface area contributed by atoms with E-state index in [2.05, 4.69) is 81.4 Å². The third-order valence-corrected chi connectivity index (χ3v) is 10.5. The van der Waals surface area contributed by atoms with Gasteiger partial charge in [0, 0.05) is 12.0 Å². The molecule has 0 aromatic heterocycles. The van der Waals surface area contributed by atoms with E-state index >= 15 is 0 Å². The van der Waals surface area contributed by atoms with Crippen LogP contribution in [0.2, 0.25) is 5.04 Å². The zero-order valence-corrected chi connectivity index (χ0v) is 16.7. The molecule has 1 aliphatic rings. The van der Waals surface area contributed by atoms with Gasteiger partial charge >= 0.3 is 0 Å². The fourth-order valence-electron chi connectivity index (χ4n) is 3.94. The molecule has 2 nitrogen and oxygen atoms in total. The minimum atomic E-state index is -2.46. The summed E-state index contributed by atoms with van der Waals surface area (Å²) in [6, 6.07) is 21.4. The maximum absolute atomic E-state index is 11.6. The van der Waals surface area contributed by atoms with E-state index in [1.807, 2.05) is 0 Å². The Labute approximate surface area is 152 Å². The molecule has 0 atom stereocenters. The molecule has 0 radical (unpaired) electrons. The first-order valence-electron chi connectivity index (χ1n) is 9.14. The summed E-state index contributed by atoms with van der Waals surface area (Å²) < 4.78 is 6.98. The Kier molecular flexibility index (Phi) is 4.98. The summed E-state index contributed by atoms with van der Waals surface area (Å²) in [6.45, 7) is 8.57. The van der Waals surface area contributed by atoms with E-state index in [9.17, 15) is 4.79 Å². The molecular formula is C22H28O2Si. The number of benzene rings is 2. The van der Waals surface area contributed by atoms with Gasteiger partial charge in [-0.2, -0.15) is 0 Å². The molecule has 0 N–H and O–H groups in total. The molecule has 25 heavy (non-hydrogen) atoms. The van der Waals surface area contributed by atoms with E-state index in [0.29, 0.717) is 5.78 Å². The molecule has 0 amide bonds. The van der Waals surface area contributed by atoms with Gasteiger partial charge in [0.1, 0.15) is 5.78 Å². The number of Topliss-reactive ketones (excluding diaryl/α,β-unsaturated/α-hetero) is 1. The first kappa shape index (κ1) is 18.1. The minimum absolute atomic E-state index is 0.00296. The number of rotatable bonds is 5. The number of ketones is 1. The predicted molar refractivity (Wildman–Crippen MR) is 106 cm³/mol. The Morgan fingerprint density at radius 2 is 1.36 bits per heavy atom. The largest absolute Gasteiger partial charge is 0.404 e. The number of carbonyl (C=O) groups is 1. The van der Waals surface area contributed by atoms with Crippen LogP contribution >= 0.6 is 0 Å². The van der Waals surface area contributed by atoms with Crippen molar-refractivity contribution in [3.63, 3.8) is 0 Å². The van der Waals surface area contributed by atoms with Gasteiger partial charge in [0.25, 0.3) is 8.32 Å². The molecule has 1 aliphatic carbocycles. The van der Waals surface area contributed by atoms with E-state index in [1.54, 1.807) is 6.92 Å². The van der Waals surface area contributed by atoms with E-state index < -0.39 is 8.32 Å². The van der Waals surface area contributed by atoms with Gasteiger partial charge < -0.3 is 4.43 Å². The standard InChI is InChI=1S/C22H28O2Si/c1-17(23)18-15-19(16-18)24-25(22(2,3)4,20-11-7-5-8-12-20)21-13-9-6-10-14-21/h5-14,18-19H,15-16H2,1-4H3. The van der Waals surface area contributed by atoms with Crippen LogP contribution in [-0.2, 0) is 9.22 Å². The molecule has 1 fully saturated rings. The lowest BCUT2D eigenvalue weighted by atomic mass is 9.80. The van der Waals surface area contributed by atoms with E-state index in [4.69, 9.17) is 4.43 Å². The van der Waals surface area contributed by atoms with E-state index in [-0.39, 0.29) is 17.1 Å². The second kappa shape index (κ2) is 6.89. The van der Waals surface area contributed by atoms with Crippen LogP contribution in [0.5, 0.6) is 0 Å². The lowest BCUT2D eigenvalue weighted by Gasteiger charge is -2.48. The van der Waals surface area contributed by atoms with Crippen LogP contribution in [0.3, 0.4) is 0 Å². The average molecular weight is 353 g/mol. The third kappa shape index (κ3) is 3.36. The van der Waals surface area contributed by atoms with Crippen LogP contribution in [0.1, 0.15) is 40.5 Å². The summed E-state index contributed by atoms with van der Waals surface area (Å²) in [5, 5.41) is 2.61. The molecule has 1 saturated carbocycles. The maximum atomic E-state index is 11.6. The Bertz CT molecular complexity index is 673. The van der Waals surface area contributed by atoms with Crippen LogP contribution in [-0.4, -0.2) is 20.2 Å². The molecule has 3 heteroatoms. The molecule has 3 rings (SSSR count). The van der Waals surface area contributed by atoms with Gasteiger partial charge in [0.15, 0.2) is 0 Å². The Morgan fingerprint density at radius 1 is 0.920 bits per heavy atom. The molecule has 0 bridgehead atoms. The second-order valence-corrected chi connectivity index (χ2v) is 12.4. The lowest BCUT2D eigenvalue weighted by Crippen LogP contribution is -2.68. The zero-order valence-electron chi connectivity index (χ0n) is 15.7. The van der Waals surface area contributed by atoms with Gasteiger partial charge in [0.05, 0.1) is 0 Å². The maximum Gasteiger partial charge on any atom is 0.261 e. The molecule has 0 unspecified atom stereocenters. The van der Waals surface area contributed by atoms with Gasteiger partial charge in [-0.15, -0.1) is 0 Å². The number of hydrogen-bond donors (Lipinski definition) is 0. The van der Waals surface area contributed by atoms with Crippen molar-refractivity contribution in [2.24, 2.45) is 5.92 Å². The predicted octanol–water partition coefficient (Wildman–Crippen LogP) is 3.93. The normalized spacial score (nSPS) is 20.8. The summed E-state index contributed by atoms with van der Waals surface area (Å²) in [5.74, 6) is 0.477. The van der Waals surface area contributed by atoms with Gasteiger partial charge in [-0.3, -0.25) is 4.79 Å². The van der Waals surface area contributed by atoms with Gasteiger partial charge in [0.2, 0.25) is 0 Å². The van der Waals surface area contributed by atoms with Crippen molar-refractivity contribution in [1.82, 2.24) is 0 Å². The molecule has 0 saturated heterocycles. The highest BCUT2D eigenvalue weighted by Gasteiger charge is 2.53. The van der Waals surface area contributed by atoms with Crippen molar-refractivity contribution < 1.29 is 9.22 Å². The summed E-state index contributed by atoms with van der Waals surface area (Å²) in [5.41, 5.74) is 0. The van der Waals surface area contributed by atoms with Crippen LogP contribution in [0, 0.1) is 5.92 Å². The minimum Gasteiger partial charge on any atom is -0.404 e. The van der Waals surface area contributed by atoms with Crippen LogP contribution in [0.15, 0.2) is 60.7 Å². The monoisotopic (exact) mass is 352 g/mol. The zero-order chi connectivity index (χ0) is 18.1. The Morgan fingerprint density at radius 3 is 1.72 bits per heavy atom. The molecule has 132 valence electrons. The quantitative estimate of drug-likeness (QED) is 0.762. The Hall–Kier alpha value is -1.71. The lowest BCUT2D eigenvalue weighted by molar-refractivity contribution is -0.126. The first-order chi connectivity index (χ1) is 11.8. The number of carbonyl (C=O) groups excluding carboxylic acids is 1. The molecular weight excluding hydrogens is 324 g/mol. The highest BCUT2D eigenvalue weighted by atomic mass is 28.4. The second-order valence-electron chi connectivity index (χ2n) is 8.18. The fraction of sp³-hybridized carbons (Fsp3) is 0.409. The molecule has 0 spiro atoms. The summed E-state index contributed by atoms with van der Waals surface area (Å²) in [7, 11) is -2.46. The van der Waals surface area contributed by atoms with Gasteiger partial charge in [-0.25, -0.2) is 0 Å². The van der Waals surface area contributed by atoms with Crippen molar-refractivity contribution in [3.05, 3.63) is 60.7 Å². The van der Waals surface area contributed by atoms with Crippen molar-refractivity contribution in [2.75, 3.05) is 0 Å². The molecule has 0 aliphatic heterocycles. The van der Waals surface area contributed by atoms with Crippen LogP contribution < -0.4 is 10.4 Å². The average Bonchev–Trinajstić information content (AvgIpc) is 2.54. The van der Waals surface area contributed by atoms with Gasteiger partial charge in [-0.05, 0) is 35.2 Å². The van der Waals surface area contributed by atoms with Crippen molar-refractivity contribution >= 4 is 24.5 Å². The molecule has 2 aromatic carbocycles. The van der Waals surface area contributed by atoms with Gasteiger partial charge in [-0.1, -0.05) is 81.4 Å². The highest BCUT2D eigenvalue weighted by Crippen LogP contribution is 2.41.